The molecule has 3 heteroatoms. The fourth-order valence-corrected chi connectivity index (χ4v) is 0.586. The van der Waals surface area contributed by atoms with Gasteiger partial charge in [-0.05, 0) is 13.8 Å². The van der Waals surface area contributed by atoms with Gasteiger partial charge in [-0.2, -0.15) is 0 Å². The molecule has 2 atom stereocenters. The molecule has 1 N–H and O–H groups in total. The van der Waals surface area contributed by atoms with Crippen LogP contribution in [0.2, 0.25) is 0 Å². The van der Waals surface area contributed by atoms with Crippen molar-refractivity contribution in [3.63, 3.8) is 0 Å². The molecule has 62 valence electrons. The number of aliphatic hydroxyl groups excluding tert-OH is 1. The van der Waals surface area contributed by atoms with Crippen LogP contribution in [0.15, 0.2) is 0 Å². The maximum absolute atomic E-state index is 8.80. The van der Waals surface area contributed by atoms with Crippen molar-refractivity contribution in [1.82, 2.24) is 0 Å². The Kier molecular flexibility index (Phi) is 5.58. The SMILES string of the molecule is COC[C@@H](C)OC[C@H](C)O. The van der Waals surface area contributed by atoms with Gasteiger partial charge in [0.05, 0.1) is 25.4 Å². The molecule has 0 saturated heterocycles. The minimum absolute atomic E-state index is 0.0691. The highest BCUT2D eigenvalue weighted by Gasteiger charge is 2.02. The van der Waals surface area contributed by atoms with E-state index in [2.05, 4.69) is 0 Å². The molecule has 0 amide bonds. The lowest BCUT2D eigenvalue weighted by Gasteiger charge is -2.12. The van der Waals surface area contributed by atoms with Crippen LogP contribution in [0, 0.1) is 0 Å². The fourth-order valence-electron chi connectivity index (χ4n) is 0.586. The summed E-state index contributed by atoms with van der Waals surface area (Å²) in [5, 5.41) is 8.80. The molecule has 10 heavy (non-hydrogen) atoms. The standard InChI is InChI=1S/C7H16O3/c1-6(8)4-10-7(2)5-9-3/h6-8H,4-5H2,1-3H3/t6-,7+/m0/s1. The fraction of sp³-hybridized carbons (Fsp3) is 1.00. The van der Waals surface area contributed by atoms with E-state index in [1.54, 1.807) is 14.0 Å². The zero-order valence-corrected chi connectivity index (χ0v) is 6.83. The smallest absolute Gasteiger partial charge is 0.0781 e. The van der Waals surface area contributed by atoms with E-state index in [4.69, 9.17) is 14.6 Å². The van der Waals surface area contributed by atoms with Gasteiger partial charge in [0.15, 0.2) is 0 Å². The number of rotatable bonds is 5. The molecule has 0 fully saturated rings. The zero-order valence-electron chi connectivity index (χ0n) is 6.83. The predicted molar refractivity (Wildman–Crippen MR) is 39.0 cm³/mol. The molecule has 0 spiro atoms. The summed E-state index contributed by atoms with van der Waals surface area (Å²) in [6, 6.07) is 0. The third-order valence-electron chi connectivity index (χ3n) is 1.02. The molecular formula is C7H16O3. The van der Waals surface area contributed by atoms with E-state index in [-0.39, 0.29) is 12.2 Å². The summed E-state index contributed by atoms with van der Waals surface area (Å²) in [6.45, 7) is 4.56. The van der Waals surface area contributed by atoms with E-state index < -0.39 is 0 Å². The van der Waals surface area contributed by atoms with Crippen LogP contribution < -0.4 is 0 Å². The molecule has 0 rings (SSSR count). The summed E-state index contributed by atoms with van der Waals surface area (Å²) in [6.07, 6.45) is -0.320. The topological polar surface area (TPSA) is 38.7 Å². The Morgan fingerprint density at radius 3 is 2.30 bits per heavy atom. The number of hydrogen-bond acceptors (Lipinski definition) is 3. The Hall–Kier alpha value is -0.120. The van der Waals surface area contributed by atoms with E-state index >= 15 is 0 Å². The van der Waals surface area contributed by atoms with Crippen LogP contribution in [0.5, 0.6) is 0 Å². The molecule has 0 aromatic rings. The first-order valence-electron chi connectivity index (χ1n) is 3.45. The molecular weight excluding hydrogens is 132 g/mol. The van der Waals surface area contributed by atoms with E-state index in [9.17, 15) is 0 Å². The third kappa shape index (κ3) is 6.01. The van der Waals surface area contributed by atoms with E-state index in [0.29, 0.717) is 13.2 Å². The normalized spacial score (nSPS) is 16.8. The Labute approximate surface area is 62.0 Å². The maximum atomic E-state index is 8.80. The van der Waals surface area contributed by atoms with Gasteiger partial charge in [-0.25, -0.2) is 0 Å². The summed E-state index contributed by atoms with van der Waals surface area (Å²) in [7, 11) is 1.63. The molecule has 0 aromatic heterocycles. The summed E-state index contributed by atoms with van der Waals surface area (Å²) < 4.78 is 10.00. The molecule has 0 unspecified atom stereocenters. The molecule has 0 saturated carbocycles. The van der Waals surface area contributed by atoms with Crippen molar-refractivity contribution in [2.45, 2.75) is 26.1 Å². The van der Waals surface area contributed by atoms with Gasteiger partial charge in [0.1, 0.15) is 0 Å². The monoisotopic (exact) mass is 148 g/mol. The van der Waals surface area contributed by atoms with E-state index in [1.807, 2.05) is 6.92 Å². The van der Waals surface area contributed by atoms with Gasteiger partial charge in [0.2, 0.25) is 0 Å². The van der Waals surface area contributed by atoms with Gasteiger partial charge in [-0.15, -0.1) is 0 Å². The molecule has 0 aliphatic heterocycles. The second-order valence-corrected chi connectivity index (χ2v) is 2.45. The van der Waals surface area contributed by atoms with Crippen LogP contribution in [0.3, 0.4) is 0 Å². The van der Waals surface area contributed by atoms with Crippen molar-refractivity contribution in [1.29, 1.82) is 0 Å². The molecule has 0 aliphatic carbocycles. The van der Waals surface area contributed by atoms with Gasteiger partial charge >= 0.3 is 0 Å². The van der Waals surface area contributed by atoms with Crippen LogP contribution in [-0.2, 0) is 9.47 Å². The average Bonchev–Trinajstić information content (AvgIpc) is 1.85. The van der Waals surface area contributed by atoms with Crippen LogP contribution in [0.1, 0.15) is 13.8 Å². The van der Waals surface area contributed by atoms with Gasteiger partial charge < -0.3 is 14.6 Å². The summed E-state index contributed by atoms with van der Waals surface area (Å²) in [5.41, 5.74) is 0. The van der Waals surface area contributed by atoms with Crippen molar-refractivity contribution in [3.8, 4) is 0 Å². The molecule has 0 aliphatic rings. The average molecular weight is 148 g/mol. The van der Waals surface area contributed by atoms with Gasteiger partial charge in [0, 0.05) is 7.11 Å². The number of ether oxygens (including phenoxy) is 2. The first-order chi connectivity index (χ1) is 4.66. The van der Waals surface area contributed by atoms with E-state index in [1.165, 1.54) is 0 Å². The van der Waals surface area contributed by atoms with Crippen LogP contribution >= 0.6 is 0 Å². The molecule has 0 heterocycles. The summed E-state index contributed by atoms with van der Waals surface area (Å²) in [5.74, 6) is 0. The minimum Gasteiger partial charge on any atom is -0.391 e. The van der Waals surface area contributed by atoms with Gasteiger partial charge in [0.25, 0.3) is 0 Å². The van der Waals surface area contributed by atoms with Crippen molar-refractivity contribution in [2.75, 3.05) is 20.3 Å². The largest absolute Gasteiger partial charge is 0.391 e. The molecule has 0 bridgehead atoms. The Bertz CT molecular complexity index is 73.3. The summed E-state index contributed by atoms with van der Waals surface area (Å²) >= 11 is 0. The lowest BCUT2D eigenvalue weighted by molar-refractivity contribution is -0.0268. The van der Waals surface area contributed by atoms with Crippen molar-refractivity contribution >= 4 is 0 Å². The number of aliphatic hydroxyl groups is 1. The van der Waals surface area contributed by atoms with Crippen molar-refractivity contribution in [2.24, 2.45) is 0 Å². The van der Waals surface area contributed by atoms with Crippen molar-refractivity contribution in [3.05, 3.63) is 0 Å². The molecule has 0 aromatic carbocycles. The predicted octanol–water partition coefficient (Wildman–Crippen LogP) is 0.419. The first-order valence-corrected chi connectivity index (χ1v) is 3.45. The van der Waals surface area contributed by atoms with Crippen LogP contribution in [0.4, 0.5) is 0 Å². The van der Waals surface area contributed by atoms with Crippen LogP contribution in [-0.4, -0.2) is 37.6 Å². The lowest BCUT2D eigenvalue weighted by atomic mass is 10.4. The maximum Gasteiger partial charge on any atom is 0.0781 e. The minimum atomic E-state index is -0.390. The molecule has 3 nitrogen and oxygen atoms in total. The van der Waals surface area contributed by atoms with Crippen LogP contribution in [0.25, 0.3) is 0 Å². The highest BCUT2D eigenvalue weighted by Crippen LogP contribution is 1.92. The Morgan fingerprint density at radius 1 is 1.30 bits per heavy atom. The molecule has 0 radical (unpaired) electrons. The first kappa shape index (κ1) is 9.88. The van der Waals surface area contributed by atoms with Gasteiger partial charge in [-0.1, -0.05) is 0 Å². The highest BCUT2D eigenvalue weighted by molar-refractivity contribution is 4.48. The van der Waals surface area contributed by atoms with Crippen molar-refractivity contribution < 1.29 is 14.6 Å². The quantitative estimate of drug-likeness (QED) is 0.614. The third-order valence-corrected chi connectivity index (χ3v) is 1.02. The van der Waals surface area contributed by atoms with Gasteiger partial charge in [-0.3, -0.25) is 0 Å². The second-order valence-electron chi connectivity index (χ2n) is 2.45. The Morgan fingerprint density at radius 2 is 1.90 bits per heavy atom. The summed E-state index contributed by atoms with van der Waals surface area (Å²) in [4.78, 5) is 0. The number of hydrogen-bond donors (Lipinski definition) is 1. The van der Waals surface area contributed by atoms with E-state index in [0.717, 1.165) is 0 Å². The Balaban J connectivity index is 3.12. The zero-order chi connectivity index (χ0) is 7.98. The highest BCUT2D eigenvalue weighted by atomic mass is 16.5. The number of methoxy groups -OCH3 is 1. The second kappa shape index (κ2) is 5.65. The lowest BCUT2D eigenvalue weighted by Crippen LogP contribution is -2.20.